The summed E-state index contributed by atoms with van der Waals surface area (Å²) >= 11 is 0. The van der Waals surface area contributed by atoms with Gasteiger partial charge in [0.05, 0.1) is 94.0 Å². The highest BCUT2D eigenvalue weighted by Gasteiger charge is 2.32. The largest absolute Gasteiger partial charge is 0.493 e. The molecule has 28 bridgehead atoms. The Morgan fingerprint density at radius 1 is 0.236 bits per heavy atom. The predicted octanol–water partition coefficient (Wildman–Crippen LogP) is 38.9. The molecule has 8 aliphatic rings. The van der Waals surface area contributed by atoms with E-state index in [1.54, 1.807) is 0 Å². The summed E-state index contributed by atoms with van der Waals surface area (Å²) < 4.78 is 27.9. The van der Waals surface area contributed by atoms with Gasteiger partial charge in [-0.25, -0.2) is 19.9 Å². The predicted molar refractivity (Wildman–Crippen MR) is 631 cm³/mol. The number of allylic oxidation sites excluding steroid dienone is 8. The number of hydrogen-bond acceptors (Lipinski definition) is 12. The topological polar surface area (TPSA) is 152 Å². The Morgan fingerprint density at radius 3 is 0.625 bits per heavy atom. The van der Waals surface area contributed by atoms with Gasteiger partial charge in [-0.05, 0) is 342 Å². The lowest BCUT2D eigenvalue weighted by Crippen LogP contribution is -2.02. The van der Waals surface area contributed by atoms with E-state index in [4.69, 9.17) is 38.9 Å². The summed E-state index contributed by atoms with van der Waals surface area (Å²) in [4.78, 5) is 41.5. The van der Waals surface area contributed by atoms with Gasteiger partial charge in [-0.3, -0.25) is 0 Å². The highest BCUT2D eigenvalue weighted by Crippen LogP contribution is 2.50. The number of aromatic amines is 4. The van der Waals surface area contributed by atoms with Crippen molar-refractivity contribution in [3.8, 4) is 67.5 Å². The van der Waals surface area contributed by atoms with Crippen LogP contribution in [0, 0.1) is 27.7 Å². The average molecular weight is 2010 g/mol. The van der Waals surface area contributed by atoms with Gasteiger partial charge < -0.3 is 38.9 Å². The second kappa shape index (κ2) is 55.1. The van der Waals surface area contributed by atoms with Crippen LogP contribution in [0.3, 0.4) is 0 Å². The van der Waals surface area contributed by atoms with Crippen molar-refractivity contribution in [2.75, 3.05) is 49.4 Å². The summed E-state index contributed by atoms with van der Waals surface area (Å²) in [6.45, 7) is 39.8. The number of benzene rings is 4. The minimum absolute atomic E-state index is 0.549. The zero-order valence-corrected chi connectivity index (χ0v) is 93.8. The monoisotopic (exact) mass is 2010 g/mol. The number of aryl methyl sites for hydroxylation is 8. The maximum Gasteiger partial charge on any atom is 0.119 e. The summed E-state index contributed by atoms with van der Waals surface area (Å²) in [7, 11) is 7.42. The van der Waals surface area contributed by atoms with E-state index in [0.717, 1.165) is 283 Å². The molecule has 0 spiro atoms. The highest BCUT2D eigenvalue weighted by atomic mass is 33.1. The van der Waals surface area contributed by atoms with Gasteiger partial charge in [0.15, 0.2) is 0 Å². The fourth-order valence-corrected chi connectivity index (χ4v) is 25.8. The van der Waals surface area contributed by atoms with Crippen LogP contribution in [-0.2, 0) is 25.7 Å². The summed E-state index contributed by atoms with van der Waals surface area (Å²) in [5.41, 5.74) is 47.1. The lowest BCUT2D eigenvalue weighted by molar-refractivity contribution is 0.343. The van der Waals surface area contributed by atoms with Gasteiger partial charge in [0.1, 0.15) is 23.0 Å². The average Bonchev–Trinajstić information content (AvgIpc) is 1.59. The Bertz CT molecular complexity index is 5770. The fourth-order valence-electron chi connectivity index (χ4n) is 22.5. The highest BCUT2D eigenvalue weighted by molar-refractivity contribution is 8.77. The van der Waals surface area contributed by atoms with Gasteiger partial charge >= 0.3 is 0 Å². The molecule has 0 saturated heterocycles. The number of nitrogens with one attached hydrogen (secondary N) is 4. The van der Waals surface area contributed by atoms with Crippen LogP contribution >= 0.6 is 43.2 Å². The Balaban J connectivity index is 0.888. The number of rotatable bonds is 40. The molecule has 0 atom stereocenters. The van der Waals surface area contributed by atoms with E-state index in [0.29, 0.717) is 26.4 Å². The number of aromatic nitrogens is 8. The molecule has 0 saturated carbocycles. The van der Waals surface area contributed by atoms with Crippen LogP contribution in [0.25, 0.3) is 133 Å². The summed E-state index contributed by atoms with van der Waals surface area (Å²) in [5.74, 6) is 6.61. The van der Waals surface area contributed by atoms with Crippen molar-refractivity contribution in [3.63, 3.8) is 0 Å². The standard InChI is InChI=1S/C128H168N8O4S4/c1-17-25-33-41-61-101-85(9)121-117-93-53-49-57-97(77-93)137-69-73-141-142-75-71-139-99-59-51-55-95(79-99)119-125-89(13)105(65-45-37-29-21-5)113(133-125)83-115-107(67-47-39-31-23-7)91(15)127(135-115)120(128-92(16)108(68-48-40-32-24-8)116(136-128)84-114-106(66-46-38-30-22-6)90(14)126(119)134-114)96-56-52-60-100(80-96)140-72-76-144-143-74-70-138-98-58-50-54-94(78-98)118(123-86(10)102(62-42-34-26-18-2)110(130-123)81-109(101)129-121)124-88(12)104(64-44-36-28-20-4)112(132-124)82-111-103(63-43-35-27-19-3)87(11)122(117)131-111/h49-60,77-84,129,132-133,136H,17-48,61-76H2,1-16H3. The van der Waals surface area contributed by atoms with Crippen LogP contribution in [0.4, 0.5) is 0 Å². The maximum atomic E-state index is 6.97. The van der Waals surface area contributed by atoms with Crippen LogP contribution in [0.5, 0.6) is 23.0 Å². The van der Waals surface area contributed by atoms with Gasteiger partial charge in [-0.2, -0.15) is 0 Å². The van der Waals surface area contributed by atoms with Gasteiger partial charge in [-0.15, -0.1) is 0 Å². The molecule has 0 amide bonds. The molecule has 10 aromatic rings. The molecule has 6 aromatic heterocycles. The van der Waals surface area contributed by atoms with Gasteiger partial charge in [0.25, 0.3) is 0 Å². The van der Waals surface area contributed by atoms with Crippen LogP contribution in [-0.4, -0.2) is 89.3 Å². The second-order valence-corrected chi connectivity index (χ2v) is 46.6. The molecule has 12 nitrogen and oxygen atoms in total. The van der Waals surface area contributed by atoms with Gasteiger partial charge in [0.2, 0.25) is 0 Å². The molecule has 768 valence electrons. The SMILES string of the molecule is CCCCCCC1=C(C)c2nc1cc1[nH]c(c(C)c1CCCCCC)c1c3nc(cc4[nH]c(c(C)c4CCCCCC)c2-c2cccc(c2)OCCSSCCOc2cccc(c2)-c2c4nc(cc5[nH]c(c(C)c5CCCCCC)c(c5nc(cc6[nH]c2c(C)c6CCCCCC)C(CCCCCC)=C5C)-c2cccc(c2)OCCSSCCOc2cccc-1c2)C(CCCCCC)=C4C)C(CCCCCC)=C3C. The number of unbranched alkanes of at least 4 members (excludes halogenated alkanes) is 24. The third-order valence-corrected chi connectivity index (χ3v) is 35.4. The summed E-state index contributed by atoms with van der Waals surface area (Å²) in [6, 6.07) is 45.6. The van der Waals surface area contributed by atoms with Gasteiger partial charge in [-0.1, -0.05) is 301 Å². The lowest BCUT2D eigenvalue weighted by Gasteiger charge is -2.12. The first-order valence-corrected chi connectivity index (χ1v) is 61.3. The number of hydrogen-bond donors (Lipinski definition) is 4. The lowest BCUT2D eigenvalue weighted by atomic mass is 9.93. The van der Waals surface area contributed by atoms with E-state index in [2.05, 4.69) is 252 Å². The third-order valence-electron chi connectivity index (χ3n) is 30.8. The first-order valence-electron chi connectivity index (χ1n) is 56.3. The van der Waals surface area contributed by atoms with Crippen molar-refractivity contribution in [2.45, 2.75) is 368 Å². The number of nitrogens with zero attached hydrogens (tertiary/aromatic N) is 4. The normalized spacial score (nSPS) is 14.2. The molecule has 0 fully saturated rings. The van der Waals surface area contributed by atoms with E-state index in [1.165, 1.54) is 243 Å². The minimum Gasteiger partial charge on any atom is -0.493 e. The van der Waals surface area contributed by atoms with E-state index in [1.807, 2.05) is 43.2 Å². The van der Waals surface area contributed by atoms with Crippen molar-refractivity contribution < 1.29 is 18.9 Å². The molecule has 0 unspecified atom stereocenters. The molecule has 0 radical (unpaired) electrons. The van der Waals surface area contributed by atoms with Gasteiger partial charge in [0, 0.05) is 67.3 Å². The Hall–Kier alpha value is -9.32. The van der Waals surface area contributed by atoms with Crippen LogP contribution in [0.15, 0.2) is 121 Å². The number of ether oxygens (including phenoxy) is 4. The Kier molecular flexibility index (Phi) is 41.7. The summed E-state index contributed by atoms with van der Waals surface area (Å²) in [5, 5.41) is 0. The van der Waals surface area contributed by atoms with E-state index in [9.17, 15) is 0 Å². The van der Waals surface area contributed by atoms with Crippen molar-refractivity contribution in [3.05, 3.63) is 211 Å². The van der Waals surface area contributed by atoms with Crippen molar-refractivity contribution in [1.82, 2.24) is 39.9 Å². The molecule has 4 aromatic carbocycles. The molecule has 14 heterocycles. The first kappa shape index (κ1) is 109. The maximum absolute atomic E-state index is 6.97. The Labute approximate surface area is 880 Å². The smallest absolute Gasteiger partial charge is 0.119 e. The summed E-state index contributed by atoms with van der Waals surface area (Å²) in [6.07, 6.45) is 44.8. The quantitative estimate of drug-likeness (QED) is 0.0214. The van der Waals surface area contributed by atoms with Crippen LogP contribution < -0.4 is 18.9 Å². The molecule has 16 heteroatoms. The van der Waals surface area contributed by atoms with E-state index < -0.39 is 0 Å². The zero-order chi connectivity index (χ0) is 101. The van der Waals surface area contributed by atoms with Crippen molar-refractivity contribution in [2.24, 2.45) is 0 Å². The molecular weight excluding hydrogens is 1840 g/mol. The molecule has 0 aliphatic carbocycles. The molecular formula is C128H168N8O4S4. The first-order chi connectivity index (χ1) is 70.5. The Morgan fingerprint density at radius 2 is 0.431 bits per heavy atom. The van der Waals surface area contributed by atoms with Crippen molar-refractivity contribution >= 4 is 132 Å². The number of H-pyrrole nitrogens is 4. The van der Waals surface area contributed by atoms with E-state index in [-0.39, 0.29) is 0 Å². The third kappa shape index (κ3) is 26.9. The molecule has 144 heavy (non-hydrogen) atoms. The van der Waals surface area contributed by atoms with Crippen LogP contribution in [0.2, 0.25) is 0 Å². The van der Waals surface area contributed by atoms with E-state index >= 15 is 0 Å². The molecule has 18 rings (SSSR count). The van der Waals surface area contributed by atoms with Crippen LogP contribution in [0.1, 0.15) is 404 Å². The molecule has 8 aliphatic heterocycles. The molecule has 4 N–H and O–H groups in total. The fraction of sp³-hybridized carbons (Fsp3) is 0.500. The minimum atomic E-state index is 0.549. The van der Waals surface area contributed by atoms with Crippen molar-refractivity contribution in [1.29, 1.82) is 0 Å². The second-order valence-electron chi connectivity index (χ2n) is 41.2. The zero-order valence-electron chi connectivity index (χ0n) is 90.5.